The molecule has 0 saturated carbocycles. The molecule has 0 aromatic heterocycles. The predicted octanol–water partition coefficient (Wildman–Crippen LogP) is 4.10. The van der Waals surface area contributed by atoms with E-state index in [2.05, 4.69) is 5.32 Å². The predicted molar refractivity (Wildman–Crippen MR) is 76.2 cm³/mol. The van der Waals surface area contributed by atoms with Crippen molar-refractivity contribution in [3.8, 4) is 0 Å². The molecule has 0 saturated heterocycles. The van der Waals surface area contributed by atoms with Crippen molar-refractivity contribution in [1.82, 2.24) is 0 Å². The van der Waals surface area contributed by atoms with E-state index in [4.69, 9.17) is 23.2 Å². The lowest BCUT2D eigenvalue weighted by atomic mass is 10.1. The zero-order valence-electron chi connectivity index (χ0n) is 9.66. The normalized spacial score (nSPS) is 10.4. The first kappa shape index (κ1) is 13.2. The monoisotopic (exact) mass is 281 g/mol. The molecule has 94 valence electrons. The van der Waals surface area contributed by atoms with E-state index in [1.54, 1.807) is 12.1 Å². The summed E-state index contributed by atoms with van der Waals surface area (Å²) in [6, 6.07) is 13.0. The van der Waals surface area contributed by atoms with Crippen molar-refractivity contribution < 1.29 is 5.11 Å². The molecule has 2 N–H and O–H groups in total. The maximum atomic E-state index is 9.23. The van der Waals surface area contributed by atoms with Gasteiger partial charge in [0.2, 0.25) is 0 Å². The van der Waals surface area contributed by atoms with Crippen LogP contribution >= 0.6 is 23.2 Å². The molecule has 0 radical (unpaired) electrons. The first-order chi connectivity index (χ1) is 8.70. The van der Waals surface area contributed by atoms with Gasteiger partial charge in [-0.25, -0.2) is 0 Å². The van der Waals surface area contributed by atoms with E-state index in [-0.39, 0.29) is 6.61 Å². The molecule has 4 heteroatoms. The molecule has 0 aliphatic rings. The third-order valence-electron chi connectivity index (χ3n) is 2.66. The van der Waals surface area contributed by atoms with Crippen LogP contribution in [0.4, 0.5) is 5.69 Å². The number of halogens is 2. The minimum atomic E-state index is 0.00640. The Bertz CT molecular complexity index is 543. The topological polar surface area (TPSA) is 32.3 Å². The second-order valence-corrected chi connectivity index (χ2v) is 4.75. The SMILES string of the molecule is OCc1ccccc1NCc1cc(Cl)ccc1Cl. The van der Waals surface area contributed by atoms with Gasteiger partial charge in [-0.3, -0.25) is 0 Å². The smallest absolute Gasteiger partial charge is 0.0701 e. The molecule has 2 aromatic carbocycles. The van der Waals surface area contributed by atoms with E-state index in [9.17, 15) is 5.11 Å². The standard InChI is InChI=1S/C14H13Cl2NO/c15-12-5-6-13(16)11(7-12)8-17-14-4-2-1-3-10(14)9-18/h1-7,17-18H,8-9H2. The van der Waals surface area contributed by atoms with Gasteiger partial charge in [-0.15, -0.1) is 0 Å². The van der Waals surface area contributed by atoms with Gasteiger partial charge < -0.3 is 10.4 Å². The highest BCUT2D eigenvalue weighted by Gasteiger charge is 2.03. The molecule has 0 aliphatic carbocycles. The van der Waals surface area contributed by atoms with E-state index >= 15 is 0 Å². The van der Waals surface area contributed by atoms with Gasteiger partial charge in [0, 0.05) is 27.8 Å². The molecule has 0 atom stereocenters. The van der Waals surface area contributed by atoms with E-state index < -0.39 is 0 Å². The van der Waals surface area contributed by atoms with Crippen molar-refractivity contribution in [2.24, 2.45) is 0 Å². The van der Waals surface area contributed by atoms with Crippen LogP contribution in [0.25, 0.3) is 0 Å². The average molecular weight is 282 g/mol. The van der Waals surface area contributed by atoms with Crippen molar-refractivity contribution in [3.05, 3.63) is 63.6 Å². The number of benzene rings is 2. The van der Waals surface area contributed by atoms with E-state index in [0.717, 1.165) is 16.8 Å². The second-order valence-electron chi connectivity index (χ2n) is 3.90. The Kier molecular flexibility index (Phi) is 4.48. The first-order valence-corrected chi connectivity index (χ1v) is 6.33. The summed E-state index contributed by atoms with van der Waals surface area (Å²) < 4.78 is 0. The fourth-order valence-electron chi connectivity index (χ4n) is 1.70. The number of hydrogen-bond donors (Lipinski definition) is 2. The lowest BCUT2D eigenvalue weighted by Gasteiger charge is -2.11. The van der Waals surface area contributed by atoms with Crippen molar-refractivity contribution in [3.63, 3.8) is 0 Å². The Balaban J connectivity index is 2.14. The first-order valence-electron chi connectivity index (χ1n) is 5.57. The van der Waals surface area contributed by atoms with Crippen LogP contribution in [-0.4, -0.2) is 5.11 Å². The maximum absolute atomic E-state index is 9.23. The highest BCUT2D eigenvalue weighted by atomic mass is 35.5. The number of hydrogen-bond acceptors (Lipinski definition) is 2. The summed E-state index contributed by atoms with van der Waals surface area (Å²) in [6.45, 7) is 0.572. The van der Waals surface area contributed by atoms with Crippen molar-refractivity contribution in [2.45, 2.75) is 13.2 Å². The Morgan fingerprint density at radius 1 is 1.00 bits per heavy atom. The van der Waals surface area contributed by atoms with E-state index in [1.165, 1.54) is 0 Å². The number of rotatable bonds is 4. The van der Waals surface area contributed by atoms with Crippen LogP contribution < -0.4 is 5.32 Å². The third-order valence-corrected chi connectivity index (χ3v) is 3.27. The molecule has 0 unspecified atom stereocenters. The molecule has 0 amide bonds. The molecule has 0 fully saturated rings. The molecule has 2 aromatic rings. The fourth-order valence-corrected chi connectivity index (χ4v) is 2.08. The molecule has 0 heterocycles. The Labute approximate surface area is 116 Å². The Morgan fingerprint density at radius 2 is 1.78 bits per heavy atom. The van der Waals surface area contributed by atoms with Crippen LogP contribution in [0, 0.1) is 0 Å². The van der Waals surface area contributed by atoms with Crippen molar-refractivity contribution >= 4 is 28.9 Å². The van der Waals surface area contributed by atoms with Gasteiger partial charge in [0.05, 0.1) is 6.61 Å². The van der Waals surface area contributed by atoms with Gasteiger partial charge in [-0.05, 0) is 29.8 Å². The molecular formula is C14H13Cl2NO. The Morgan fingerprint density at radius 3 is 2.56 bits per heavy atom. The lowest BCUT2D eigenvalue weighted by Crippen LogP contribution is -2.03. The summed E-state index contributed by atoms with van der Waals surface area (Å²) in [4.78, 5) is 0. The summed E-state index contributed by atoms with van der Waals surface area (Å²) in [5.74, 6) is 0. The number of nitrogens with one attached hydrogen (secondary N) is 1. The second kappa shape index (κ2) is 6.10. The van der Waals surface area contributed by atoms with Gasteiger partial charge in [-0.2, -0.15) is 0 Å². The van der Waals surface area contributed by atoms with E-state index in [1.807, 2.05) is 30.3 Å². The van der Waals surface area contributed by atoms with Crippen molar-refractivity contribution in [2.75, 3.05) is 5.32 Å². The van der Waals surface area contributed by atoms with Gasteiger partial charge in [-0.1, -0.05) is 41.4 Å². The van der Waals surface area contributed by atoms with E-state index in [0.29, 0.717) is 16.6 Å². The molecule has 18 heavy (non-hydrogen) atoms. The van der Waals surface area contributed by atoms with Crippen LogP contribution in [0.2, 0.25) is 10.0 Å². The van der Waals surface area contributed by atoms with Crippen LogP contribution in [0.5, 0.6) is 0 Å². The quantitative estimate of drug-likeness (QED) is 0.885. The third kappa shape index (κ3) is 3.16. The zero-order chi connectivity index (χ0) is 13.0. The minimum absolute atomic E-state index is 0.00640. The number of aliphatic hydroxyl groups is 1. The van der Waals surface area contributed by atoms with Crippen LogP contribution in [-0.2, 0) is 13.2 Å². The van der Waals surface area contributed by atoms with Crippen LogP contribution in [0.1, 0.15) is 11.1 Å². The minimum Gasteiger partial charge on any atom is -0.392 e. The van der Waals surface area contributed by atoms with Crippen LogP contribution in [0.3, 0.4) is 0 Å². The molecule has 0 aliphatic heterocycles. The molecule has 2 nitrogen and oxygen atoms in total. The lowest BCUT2D eigenvalue weighted by molar-refractivity contribution is 0.282. The summed E-state index contributed by atoms with van der Waals surface area (Å²) in [6.07, 6.45) is 0. The summed E-state index contributed by atoms with van der Waals surface area (Å²) in [5, 5.41) is 13.8. The van der Waals surface area contributed by atoms with Crippen LogP contribution in [0.15, 0.2) is 42.5 Å². The largest absolute Gasteiger partial charge is 0.392 e. The Hall–Kier alpha value is -1.22. The van der Waals surface area contributed by atoms with Crippen molar-refractivity contribution in [1.29, 1.82) is 0 Å². The highest BCUT2D eigenvalue weighted by Crippen LogP contribution is 2.22. The zero-order valence-corrected chi connectivity index (χ0v) is 11.2. The maximum Gasteiger partial charge on any atom is 0.0701 e. The molecule has 2 rings (SSSR count). The summed E-state index contributed by atoms with van der Waals surface area (Å²) >= 11 is 12.0. The van der Waals surface area contributed by atoms with Gasteiger partial charge in [0.1, 0.15) is 0 Å². The average Bonchev–Trinajstić information content (AvgIpc) is 2.40. The van der Waals surface area contributed by atoms with Gasteiger partial charge >= 0.3 is 0 Å². The summed E-state index contributed by atoms with van der Waals surface area (Å²) in [5.41, 5.74) is 2.68. The molecular weight excluding hydrogens is 269 g/mol. The van der Waals surface area contributed by atoms with Gasteiger partial charge in [0.15, 0.2) is 0 Å². The fraction of sp³-hybridized carbons (Fsp3) is 0.143. The summed E-state index contributed by atoms with van der Waals surface area (Å²) in [7, 11) is 0. The highest BCUT2D eigenvalue weighted by molar-refractivity contribution is 6.33. The number of aliphatic hydroxyl groups excluding tert-OH is 1. The molecule has 0 spiro atoms. The number of para-hydroxylation sites is 1. The molecule has 0 bridgehead atoms. The number of anilines is 1. The van der Waals surface area contributed by atoms with Gasteiger partial charge in [0.25, 0.3) is 0 Å².